The van der Waals surface area contributed by atoms with E-state index in [0.717, 1.165) is 15.6 Å². The molecule has 0 fully saturated rings. The van der Waals surface area contributed by atoms with Gasteiger partial charge in [0.05, 0.1) is 6.20 Å². The molecular formula is C21H18N6O3S. The van der Waals surface area contributed by atoms with E-state index < -0.39 is 23.6 Å². The monoisotopic (exact) mass is 434 g/mol. The maximum absolute atomic E-state index is 13.1. The summed E-state index contributed by atoms with van der Waals surface area (Å²) in [5, 5.41) is 5.51. The molecule has 1 atom stereocenters. The molecule has 31 heavy (non-hydrogen) atoms. The van der Waals surface area contributed by atoms with E-state index >= 15 is 0 Å². The largest absolute Gasteiger partial charge is 0.363 e. The minimum Gasteiger partial charge on any atom is -0.363 e. The summed E-state index contributed by atoms with van der Waals surface area (Å²) in [5.41, 5.74) is 6.23. The summed E-state index contributed by atoms with van der Waals surface area (Å²) in [6.07, 6.45) is 4.59. The van der Waals surface area contributed by atoms with Crippen LogP contribution in [0.25, 0.3) is 16.0 Å². The first-order valence-corrected chi connectivity index (χ1v) is 10.2. The number of carbonyl (C=O) groups excluding carboxylic acids is 3. The Morgan fingerprint density at radius 1 is 1.13 bits per heavy atom. The molecule has 0 radical (unpaired) electrons. The number of aryl methyl sites for hydroxylation is 1. The summed E-state index contributed by atoms with van der Waals surface area (Å²) in [4.78, 5) is 49.7. The molecule has 4 rings (SSSR count). The molecule has 3 aromatic heterocycles. The lowest BCUT2D eigenvalue weighted by Gasteiger charge is -2.17. The van der Waals surface area contributed by atoms with Crippen molar-refractivity contribution < 1.29 is 14.4 Å². The number of nitrogens with two attached hydrogens (primary N) is 1. The van der Waals surface area contributed by atoms with E-state index in [0.29, 0.717) is 5.82 Å². The van der Waals surface area contributed by atoms with Crippen molar-refractivity contribution >= 4 is 39.0 Å². The van der Waals surface area contributed by atoms with Crippen LogP contribution in [-0.4, -0.2) is 43.2 Å². The molecule has 3 heterocycles. The molecule has 1 aromatic carbocycles. The molecular weight excluding hydrogens is 416 g/mol. The normalized spacial score (nSPS) is 11.9. The molecule has 10 heteroatoms. The third kappa shape index (κ3) is 4.05. The van der Waals surface area contributed by atoms with Crippen LogP contribution in [0, 0.1) is 6.92 Å². The number of nitrogens with zero attached hydrogens (tertiary/aromatic N) is 4. The van der Waals surface area contributed by atoms with Crippen molar-refractivity contribution in [3.8, 4) is 5.95 Å². The van der Waals surface area contributed by atoms with Crippen LogP contribution < -0.4 is 11.1 Å². The molecule has 9 nitrogen and oxygen atoms in total. The molecule has 0 spiro atoms. The molecule has 0 aliphatic carbocycles. The van der Waals surface area contributed by atoms with Crippen LogP contribution in [0.5, 0.6) is 0 Å². The molecule has 0 saturated carbocycles. The Balaban J connectivity index is 1.65. The number of imidazole rings is 1. The smallest absolute Gasteiger partial charge is 0.287 e. The molecule has 0 saturated heterocycles. The lowest BCUT2D eigenvalue weighted by Crippen LogP contribution is -2.47. The predicted octanol–water partition coefficient (Wildman–Crippen LogP) is 1.58. The Kier molecular flexibility index (Phi) is 5.54. The lowest BCUT2D eigenvalue weighted by molar-refractivity contribution is -0.137. The number of benzene rings is 1. The molecule has 0 aliphatic rings. The molecule has 2 amide bonds. The average molecular weight is 434 g/mol. The Morgan fingerprint density at radius 2 is 1.87 bits per heavy atom. The summed E-state index contributed by atoms with van der Waals surface area (Å²) >= 11 is 1.52. The van der Waals surface area contributed by atoms with Gasteiger partial charge in [0.25, 0.3) is 11.8 Å². The number of hydrogen-bond acceptors (Lipinski definition) is 7. The minimum atomic E-state index is -1.12. The molecule has 3 N–H and O–H groups in total. The lowest BCUT2D eigenvalue weighted by atomic mass is 10.0. The topological polar surface area (TPSA) is 133 Å². The van der Waals surface area contributed by atoms with Crippen molar-refractivity contribution in [1.29, 1.82) is 0 Å². The van der Waals surface area contributed by atoms with E-state index in [1.165, 1.54) is 22.1 Å². The fourth-order valence-electron chi connectivity index (χ4n) is 3.29. The SMILES string of the molecule is Cc1ncc(C(=O)NC(Cc2csc3ccccc23)C(=O)C(N)=O)n1-c1ncccn1. The van der Waals surface area contributed by atoms with Crippen LogP contribution in [-0.2, 0) is 16.0 Å². The first-order valence-electron chi connectivity index (χ1n) is 9.37. The number of ketones is 1. The van der Waals surface area contributed by atoms with Crippen molar-refractivity contribution in [2.75, 3.05) is 0 Å². The van der Waals surface area contributed by atoms with Gasteiger partial charge in [0.2, 0.25) is 11.7 Å². The minimum absolute atomic E-state index is 0.131. The van der Waals surface area contributed by atoms with Crippen LogP contribution in [0.15, 0.2) is 54.3 Å². The van der Waals surface area contributed by atoms with Crippen LogP contribution in [0.2, 0.25) is 0 Å². The second-order valence-corrected chi connectivity index (χ2v) is 7.70. The highest BCUT2D eigenvalue weighted by Gasteiger charge is 2.28. The van der Waals surface area contributed by atoms with E-state index in [1.807, 2.05) is 29.6 Å². The van der Waals surface area contributed by atoms with Gasteiger partial charge in [-0.1, -0.05) is 18.2 Å². The maximum Gasteiger partial charge on any atom is 0.287 e. The van der Waals surface area contributed by atoms with Crippen molar-refractivity contribution in [1.82, 2.24) is 24.8 Å². The fourth-order valence-corrected chi connectivity index (χ4v) is 4.26. The summed E-state index contributed by atoms with van der Waals surface area (Å²) in [6, 6.07) is 8.24. The number of amides is 2. The first kappa shape index (κ1) is 20.4. The number of nitrogens with one attached hydrogen (secondary N) is 1. The standard InChI is InChI=1S/C21H18N6O3S/c1-12-25-10-16(27(12)21-23-7-4-8-24-21)20(30)26-15(18(28)19(22)29)9-13-11-31-17-6-3-2-5-14(13)17/h2-8,10-11,15H,9H2,1H3,(H2,22,29)(H,26,30). The van der Waals surface area contributed by atoms with Gasteiger partial charge in [0.15, 0.2) is 0 Å². The number of aromatic nitrogens is 4. The van der Waals surface area contributed by atoms with Crippen molar-refractivity contribution in [3.63, 3.8) is 0 Å². The zero-order valence-corrected chi connectivity index (χ0v) is 17.3. The summed E-state index contributed by atoms with van der Waals surface area (Å²) in [5.74, 6) is -1.81. The van der Waals surface area contributed by atoms with Gasteiger partial charge in [-0.25, -0.2) is 15.0 Å². The van der Waals surface area contributed by atoms with E-state index in [2.05, 4.69) is 20.3 Å². The Labute approximate surface area is 181 Å². The van der Waals surface area contributed by atoms with Crippen LogP contribution in [0.1, 0.15) is 21.9 Å². The molecule has 1 unspecified atom stereocenters. The van der Waals surface area contributed by atoms with Gasteiger partial charge < -0.3 is 11.1 Å². The van der Waals surface area contributed by atoms with Crippen LogP contribution in [0.3, 0.4) is 0 Å². The van der Waals surface area contributed by atoms with E-state index in [-0.39, 0.29) is 18.1 Å². The zero-order valence-electron chi connectivity index (χ0n) is 16.5. The zero-order chi connectivity index (χ0) is 22.0. The molecule has 0 bridgehead atoms. The van der Waals surface area contributed by atoms with Gasteiger partial charge in [-0.05, 0) is 35.4 Å². The predicted molar refractivity (Wildman–Crippen MR) is 115 cm³/mol. The van der Waals surface area contributed by atoms with Gasteiger partial charge in [-0.15, -0.1) is 11.3 Å². The number of carbonyl (C=O) groups is 3. The van der Waals surface area contributed by atoms with E-state index in [1.54, 1.807) is 25.4 Å². The molecule has 0 aliphatic heterocycles. The summed E-state index contributed by atoms with van der Waals surface area (Å²) in [6.45, 7) is 1.71. The van der Waals surface area contributed by atoms with Gasteiger partial charge in [0, 0.05) is 23.5 Å². The van der Waals surface area contributed by atoms with Crippen molar-refractivity contribution in [3.05, 3.63) is 71.4 Å². The third-order valence-corrected chi connectivity index (χ3v) is 5.79. The highest BCUT2D eigenvalue weighted by Crippen LogP contribution is 2.26. The highest BCUT2D eigenvalue weighted by atomic mass is 32.1. The maximum atomic E-state index is 13.1. The summed E-state index contributed by atoms with van der Waals surface area (Å²) in [7, 11) is 0. The third-order valence-electron chi connectivity index (χ3n) is 4.77. The number of primary amides is 1. The van der Waals surface area contributed by atoms with Gasteiger partial charge in [-0.3, -0.25) is 19.0 Å². The quantitative estimate of drug-likeness (QED) is 0.424. The van der Waals surface area contributed by atoms with Gasteiger partial charge in [-0.2, -0.15) is 0 Å². The average Bonchev–Trinajstić information content (AvgIpc) is 3.37. The van der Waals surface area contributed by atoms with E-state index in [4.69, 9.17) is 5.73 Å². The van der Waals surface area contributed by atoms with E-state index in [9.17, 15) is 14.4 Å². The van der Waals surface area contributed by atoms with Crippen LogP contribution in [0.4, 0.5) is 0 Å². The Bertz CT molecular complexity index is 1280. The Hall–Kier alpha value is -3.92. The highest BCUT2D eigenvalue weighted by molar-refractivity contribution is 7.17. The Morgan fingerprint density at radius 3 is 2.61 bits per heavy atom. The number of rotatable bonds is 7. The number of fused-ring (bicyclic) bond motifs is 1. The first-order chi connectivity index (χ1) is 15.0. The number of thiophene rings is 1. The molecule has 4 aromatic rings. The van der Waals surface area contributed by atoms with Crippen LogP contribution >= 0.6 is 11.3 Å². The second-order valence-electron chi connectivity index (χ2n) is 6.79. The van der Waals surface area contributed by atoms with Gasteiger partial charge >= 0.3 is 0 Å². The van der Waals surface area contributed by atoms with Crippen molar-refractivity contribution in [2.45, 2.75) is 19.4 Å². The van der Waals surface area contributed by atoms with Crippen molar-refractivity contribution in [2.24, 2.45) is 5.73 Å². The molecule has 156 valence electrons. The van der Waals surface area contributed by atoms with Gasteiger partial charge in [0.1, 0.15) is 17.6 Å². The summed E-state index contributed by atoms with van der Waals surface area (Å²) < 4.78 is 2.52. The number of hydrogen-bond donors (Lipinski definition) is 2. The fraction of sp³-hybridized carbons (Fsp3) is 0.143. The second kappa shape index (κ2) is 8.44. The number of Topliss-reactive ketones (excluding diaryl/α,β-unsaturated/α-hetero) is 1.